The van der Waals surface area contributed by atoms with Crippen molar-refractivity contribution in [1.29, 1.82) is 0 Å². The second-order valence-corrected chi connectivity index (χ2v) is 4.35. The number of aromatic nitrogens is 2. The summed E-state index contributed by atoms with van der Waals surface area (Å²) in [5, 5.41) is 11.0. The van der Waals surface area contributed by atoms with E-state index in [2.05, 4.69) is 15.5 Å². The lowest BCUT2D eigenvalue weighted by Crippen LogP contribution is -2.43. The van der Waals surface area contributed by atoms with Gasteiger partial charge in [-0.3, -0.25) is 4.79 Å². The molecule has 1 fully saturated rings. The molecule has 0 aromatic carbocycles. The van der Waals surface area contributed by atoms with Crippen molar-refractivity contribution in [3.8, 4) is 0 Å². The van der Waals surface area contributed by atoms with Crippen molar-refractivity contribution < 1.29 is 4.79 Å². The standard InChI is InChI=1S/C12H18N4O/c1-10(12(17)16-7-2-3-8-16)13-9-11-5-4-6-14-15-11/h4-6,10,13H,2-3,7-9H2,1H3. The first-order chi connectivity index (χ1) is 8.27. The third-order valence-corrected chi connectivity index (χ3v) is 3.01. The van der Waals surface area contributed by atoms with E-state index in [1.165, 1.54) is 0 Å². The van der Waals surface area contributed by atoms with Crippen LogP contribution in [0.25, 0.3) is 0 Å². The Kier molecular flexibility index (Phi) is 4.03. The molecular weight excluding hydrogens is 216 g/mol. The van der Waals surface area contributed by atoms with Crippen LogP contribution in [0.1, 0.15) is 25.5 Å². The molecule has 0 spiro atoms. The van der Waals surface area contributed by atoms with E-state index in [0.29, 0.717) is 6.54 Å². The van der Waals surface area contributed by atoms with Crippen LogP contribution in [-0.2, 0) is 11.3 Å². The van der Waals surface area contributed by atoms with Crippen LogP contribution in [0.4, 0.5) is 0 Å². The van der Waals surface area contributed by atoms with E-state index in [1.807, 2.05) is 24.0 Å². The Labute approximate surface area is 101 Å². The number of amides is 1. The van der Waals surface area contributed by atoms with Crippen molar-refractivity contribution in [2.75, 3.05) is 13.1 Å². The average molecular weight is 234 g/mol. The Balaban J connectivity index is 1.80. The molecule has 92 valence electrons. The summed E-state index contributed by atoms with van der Waals surface area (Å²) < 4.78 is 0. The quantitative estimate of drug-likeness (QED) is 0.828. The van der Waals surface area contributed by atoms with E-state index >= 15 is 0 Å². The van der Waals surface area contributed by atoms with Gasteiger partial charge in [0.1, 0.15) is 0 Å². The first kappa shape index (κ1) is 12.0. The minimum absolute atomic E-state index is 0.157. The Hall–Kier alpha value is -1.49. The fraction of sp³-hybridized carbons (Fsp3) is 0.583. The molecule has 0 saturated carbocycles. The van der Waals surface area contributed by atoms with Gasteiger partial charge in [-0.15, -0.1) is 0 Å². The van der Waals surface area contributed by atoms with Gasteiger partial charge in [-0.2, -0.15) is 10.2 Å². The maximum Gasteiger partial charge on any atom is 0.239 e. The summed E-state index contributed by atoms with van der Waals surface area (Å²) in [5.74, 6) is 0.186. The van der Waals surface area contributed by atoms with Crippen molar-refractivity contribution in [2.45, 2.75) is 32.4 Å². The Bertz CT molecular complexity index is 362. The lowest BCUT2D eigenvalue weighted by atomic mass is 10.2. The summed E-state index contributed by atoms with van der Waals surface area (Å²) >= 11 is 0. The molecular formula is C12H18N4O. The monoisotopic (exact) mass is 234 g/mol. The van der Waals surface area contributed by atoms with Gasteiger partial charge >= 0.3 is 0 Å². The first-order valence-electron chi connectivity index (χ1n) is 6.06. The molecule has 1 aromatic rings. The fourth-order valence-electron chi connectivity index (χ4n) is 1.98. The number of hydrogen-bond donors (Lipinski definition) is 1. The Morgan fingerprint density at radius 3 is 2.94 bits per heavy atom. The molecule has 1 saturated heterocycles. The normalized spacial score (nSPS) is 17.1. The van der Waals surface area contributed by atoms with Gasteiger partial charge in [0.15, 0.2) is 0 Å². The highest BCUT2D eigenvalue weighted by molar-refractivity contribution is 5.81. The zero-order valence-electron chi connectivity index (χ0n) is 10.1. The van der Waals surface area contributed by atoms with E-state index in [-0.39, 0.29) is 11.9 Å². The van der Waals surface area contributed by atoms with Crippen LogP contribution >= 0.6 is 0 Å². The fourth-order valence-corrected chi connectivity index (χ4v) is 1.98. The van der Waals surface area contributed by atoms with Gasteiger partial charge in [0.25, 0.3) is 0 Å². The number of hydrogen-bond acceptors (Lipinski definition) is 4. The molecule has 0 radical (unpaired) electrons. The van der Waals surface area contributed by atoms with Crippen molar-refractivity contribution >= 4 is 5.91 Å². The lowest BCUT2D eigenvalue weighted by Gasteiger charge is -2.20. The van der Waals surface area contributed by atoms with Crippen LogP contribution in [0.2, 0.25) is 0 Å². The van der Waals surface area contributed by atoms with E-state index in [1.54, 1.807) is 6.20 Å². The molecule has 1 aliphatic heterocycles. The van der Waals surface area contributed by atoms with Crippen molar-refractivity contribution in [3.63, 3.8) is 0 Å². The summed E-state index contributed by atoms with van der Waals surface area (Å²) in [6.45, 7) is 4.28. The van der Waals surface area contributed by atoms with Gasteiger partial charge in [-0.05, 0) is 31.9 Å². The molecule has 0 aliphatic carbocycles. The molecule has 17 heavy (non-hydrogen) atoms. The molecule has 1 amide bonds. The van der Waals surface area contributed by atoms with Gasteiger partial charge in [-0.1, -0.05) is 0 Å². The molecule has 1 atom stereocenters. The maximum atomic E-state index is 12.0. The summed E-state index contributed by atoms with van der Waals surface area (Å²) in [5.41, 5.74) is 0.855. The molecule has 2 heterocycles. The minimum Gasteiger partial charge on any atom is -0.341 e. The summed E-state index contributed by atoms with van der Waals surface area (Å²) in [4.78, 5) is 13.9. The molecule has 5 heteroatoms. The van der Waals surface area contributed by atoms with E-state index in [0.717, 1.165) is 31.6 Å². The molecule has 0 bridgehead atoms. The Morgan fingerprint density at radius 1 is 1.53 bits per heavy atom. The molecule has 1 aliphatic rings. The Morgan fingerprint density at radius 2 is 2.29 bits per heavy atom. The minimum atomic E-state index is -0.157. The lowest BCUT2D eigenvalue weighted by molar-refractivity contribution is -0.131. The molecule has 1 aromatic heterocycles. The van der Waals surface area contributed by atoms with Crippen LogP contribution in [0.3, 0.4) is 0 Å². The first-order valence-corrected chi connectivity index (χ1v) is 6.06. The van der Waals surface area contributed by atoms with Crippen LogP contribution < -0.4 is 5.32 Å². The third kappa shape index (κ3) is 3.23. The topological polar surface area (TPSA) is 58.1 Å². The smallest absolute Gasteiger partial charge is 0.239 e. The largest absolute Gasteiger partial charge is 0.341 e. The summed E-state index contributed by atoms with van der Waals surface area (Å²) in [6.07, 6.45) is 3.90. The van der Waals surface area contributed by atoms with Crippen molar-refractivity contribution in [3.05, 3.63) is 24.0 Å². The zero-order valence-corrected chi connectivity index (χ0v) is 10.1. The van der Waals surface area contributed by atoms with Gasteiger partial charge in [0.2, 0.25) is 5.91 Å². The SMILES string of the molecule is CC(NCc1cccnn1)C(=O)N1CCCC1. The molecule has 1 unspecified atom stereocenters. The molecule has 5 nitrogen and oxygen atoms in total. The average Bonchev–Trinajstić information content (AvgIpc) is 2.90. The number of carbonyl (C=O) groups excluding carboxylic acids is 1. The number of rotatable bonds is 4. The number of carbonyl (C=O) groups is 1. The third-order valence-electron chi connectivity index (χ3n) is 3.01. The van der Waals surface area contributed by atoms with Crippen LogP contribution in [-0.4, -0.2) is 40.1 Å². The summed E-state index contributed by atoms with van der Waals surface area (Å²) in [7, 11) is 0. The van der Waals surface area contributed by atoms with Gasteiger partial charge in [0.05, 0.1) is 11.7 Å². The van der Waals surface area contributed by atoms with Crippen molar-refractivity contribution in [2.24, 2.45) is 0 Å². The number of nitrogens with one attached hydrogen (secondary N) is 1. The van der Waals surface area contributed by atoms with Crippen molar-refractivity contribution in [1.82, 2.24) is 20.4 Å². The van der Waals surface area contributed by atoms with E-state index in [4.69, 9.17) is 0 Å². The van der Waals surface area contributed by atoms with Gasteiger partial charge in [0, 0.05) is 25.8 Å². The predicted octanol–water partition coefficient (Wildman–Crippen LogP) is 0.577. The van der Waals surface area contributed by atoms with Crippen LogP contribution in [0.5, 0.6) is 0 Å². The highest BCUT2D eigenvalue weighted by Crippen LogP contribution is 2.09. The van der Waals surface area contributed by atoms with Crippen LogP contribution in [0.15, 0.2) is 18.3 Å². The molecule has 2 rings (SSSR count). The number of nitrogens with zero attached hydrogens (tertiary/aromatic N) is 3. The van der Waals surface area contributed by atoms with E-state index < -0.39 is 0 Å². The highest BCUT2D eigenvalue weighted by atomic mass is 16.2. The molecule has 1 N–H and O–H groups in total. The predicted molar refractivity (Wildman–Crippen MR) is 64.1 cm³/mol. The second kappa shape index (κ2) is 5.72. The highest BCUT2D eigenvalue weighted by Gasteiger charge is 2.22. The zero-order chi connectivity index (χ0) is 12.1. The number of likely N-dealkylation sites (tertiary alicyclic amines) is 1. The van der Waals surface area contributed by atoms with Gasteiger partial charge in [-0.25, -0.2) is 0 Å². The summed E-state index contributed by atoms with van der Waals surface area (Å²) in [6, 6.07) is 3.58. The van der Waals surface area contributed by atoms with E-state index in [9.17, 15) is 4.79 Å². The van der Waals surface area contributed by atoms with Gasteiger partial charge < -0.3 is 10.2 Å². The maximum absolute atomic E-state index is 12.0. The van der Waals surface area contributed by atoms with Crippen LogP contribution in [0, 0.1) is 0 Å². The second-order valence-electron chi connectivity index (χ2n) is 4.35.